The highest BCUT2D eigenvalue weighted by Crippen LogP contribution is 2.48. The zero-order valence-corrected chi connectivity index (χ0v) is 14.1. The Hall–Kier alpha value is -0.380. The minimum Gasteiger partial charge on any atom is -0.388 e. The van der Waals surface area contributed by atoms with Crippen LogP contribution < -0.4 is 5.73 Å². The molecule has 0 heterocycles. The van der Waals surface area contributed by atoms with Gasteiger partial charge in [0.1, 0.15) is 0 Å². The van der Waals surface area contributed by atoms with Gasteiger partial charge in [-0.3, -0.25) is 0 Å². The first-order valence-electron chi connectivity index (χ1n) is 7.62. The maximum atomic E-state index is 10.8. The van der Waals surface area contributed by atoms with Gasteiger partial charge in [0, 0.05) is 16.4 Å². The van der Waals surface area contributed by atoms with E-state index in [0.29, 0.717) is 6.54 Å². The van der Waals surface area contributed by atoms with Crippen LogP contribution in [0.2, 0.25) is 0 Å². The summed E-state index contributed by atoms with van der Waals surface area (Å²) in [6.45, 7) is 5.16. The quantitative estimate of drug-likeness (QED) is 0.860. The summed E-state index contributed by atoms with van der Waals surface area (Å²) >= 11 is 3.44. The van der Waals surface area contributed by atoms with E-state index in [1.54, 1.807) is 0 Å². The molecule has 1 unspecified atom stereocenters. The van der Waals surface area contributed by atoms with Crippen molar-refractivity contribution in [3.8, 4) is 0 Å². The van der Waals surface area contributed by atoms with Crippen molar-refractivity contribution in [2.24, 2.45) is 23.0 Å². The van der Waals surface area contributed by atoms with E-state index in [2.05, 4.69) is 29.8 Å². The zero-order chi connectivity index (χ0) is 14.8. The summed E-state index contributed by atoms with van der Waals surface area (Å²) in [5, 5.41) is 10.8. The van der Waals surface area contributed by atoms with Crippen molar-refractivity contribution >= 4 is 15.9 Å². The zero-order valence-electron chi connectivity index (χ0n) is 12.5. The molecule has 0 saturated heterocycles. The molecule has 0 aromatic heterocycles. The molecule has 1 aliphatic rings. The highest BCUT2D eigenvalue weighted by Gasteiger charge is 2.41. The Bertz CT molecular complexity index is 421. The number of nitrogens with two attached hydrogens (primary N) is 1. The van der Waals surface area contributed by atoms with Crippen LogP contribution in [-0.4, -0.2) is 11.7 Å². The van der Waals surface area contributed by atoms with Gasteiger partial charge in [-0.2, -0.15) is 0 Å². The lowest BCUT2D eigenvalue weighted by Gasteiger charge is -2.44. The molecule has 2 rings (SSSR count). The lowest BCUT2D eigenvalue weighted by atomic mass is 9.64. The fraction of sp³-hybridized carbons (Fsp3) is 0.647. The molecule has 0 spiro atoms. The second kappa shape index (κ2) is 6.59. The van der Waals surface area contributed by atoms with Crippen LogP contribution in [0.15, 0.2) is 28.7 Å². The second-order valence-electron chi connectivity index (χ2n) is 6.60. The molecule has 0 bridgehead atoms. The third-order valence-corrected chi connectivity index (χ3v) is 5.67. The molecule has 1 fully saturated rings. The van der Waals surface area contributed by atoms with Crippen molar-refractivity contribution in [2.45, 2.75) is 45.6 Å². The number of hydrogen-bond acceptors (Lipinski definition) is 2. The first-order chi connectivity index (χ1) is 9.48. The molecule has 0 radical (unpaired) electrons. The van der Waals surface area contributed by atoms with Gasteiger partial charge in [-0.1, -0.05) is 41.9 Å². The highest BCUT2D eigenvalue weighted by atomic mass is 79.9. The molecule has 0 aliphatic heterocycles. The van der Waals surface area contributed by atoms with Crippen molar-refractivity contribution < 1.29 is 5.11 Å². The molecule has 1 aliphatic carbocycles. The fourth-order valence-electron chi connectivity index (χ4n) is 3.47. The van der Waals surface area contributed by atoms with Gasteiger partial charge in [0.25, 0.3) is 0 Å². The maximum Gasteiger partial charge on any atom is 0.0858 e. The largest absolute Gasteiger partial charge is 0.388 e. The van der Waals surface area contributed by atoms with Crippen LogP contribution in [0.5, 0.6) is 0 Å². The summed E-state index contributed by atoms with van der Waals surface area (Å²) in [4.78, 5) is 0. The van der Waals surface area contributed by atoms with Crippen LogP contribution in [0.25, 0.3) is 0 Å². The van der Waals surface area contributed by atoms with E-state index in [1.165, 1.54) is 12.8 Å². The van der Waals surface area contributed by atoms with Crippen LogP contribution in [0.4, 0.5) is 0 Å². The van der Waals surface area contributed by atoms with Crippen LogP contribution >= 0.6 is 15.9 Å². The fourth-order valence-corrected chi connectivity index (χ4v) is 3.73. The van der Waals surface area contributed by atoms with Crippen molar-refractivity contribution in [3.05, 3.63) is 34.3 Å². The van der Waals surface area contributed by atoms with Gasteiger partial charge in [-0.25, -0.2) is 0 Å². The summed E-state index contributed by atoms with van der Waals surface area (Å²) in [6.07, 6.45) is 3.98. The van der Waals surface area contributed by atoms with Gasteiger partial charge in [0.05, 0.1) is 6.10 Å². The Morgan fingerprint density at radius 2 is 1.80 bits per heavy atom. The highest BCUT2D eigenvalue weighted by molar-refractivity contribution is 9.10. The molecule has 1 saturated carbocycles. The van der Waals surface area contributed by atoms with Crippen molar-refractivity contribution in [1.82, 2.24) is 0 Å². The van der Waals surface area contributed by atoms with Gasteiger partial charge in [0.15, 0.2) is 0 Å². The van der Waals surface area contributed by atoms with Crippen molar-refractivity contribution in [2.75, 3.05) is 6.54 Å². The molecular formula is C17H26BrNO. The Balaban J connectivity index is 2.13. The molecule has 1 aromatic rings. The molecule has 0 amide bonds. The van der Waals surface area contributed by atoms with E-state index < -0.39 is 6.10 Å². The number of aliphatic hydroxyl groups is 1. The number of hydrogen-bond donors (Lipinski definition) is 2. The predicted molar refractivity (Wildman–Crippen MR) is 87.4 cm³/mol. The van der Waals surface area contributed by atoms with Gasteiger partial charge < -0.3 is 10.8 Å². The number of benzene rings is 1. The van der Waals surface area contributed by atoms with E-state index in [1.807, 2.05) is 24.3 Å². The SMILES string of the molecule is CC(C)C1CCC(CN)(C(O)c2ccc(Br)cc2)CC1. The Morgan fingerprint density at radius 3 is 2.25 bits per heavy atom. The topological polar surface area (TPSA) is 46.2 Å². The first-order valence-corrected chi connectivity index (χ1v) is 8.41. The lowest BCUT2D eigenvalue weighted by molar-refractivity contribution is -0.0148. The molecule has 3 N–H and O–H groups in total. The van der Waals surface area contributed by atoms with Crippen LogP contribution in [0.3, 0.4) is 0 Å². The molecule has 1 aromatic carbocycles. The smallest absolute Gasteiger partial charge is 0.0858 e. The first kappa shape index (κ1) is 16.0. The van der Waals surface area contributed by atoms with Gasteiger partial charge in [-0.05, 0) is 55.2 Å². The minimum atomic E-state index is -0.450. The third kappa shape index (κ3) is 3.26. The summed E-state index contributed by atoms with van der Waals surface area (Å²) in [5.41, 5.74) is 6.91. The molecular weight excluding hydrogens is 314 g/mol. The standard InChI is InChI=1S/C17H26BrNO/c1-12(2)13-7-9-17(11-19,10-8-13)16(20)14-3-5-15(18)6-4-14/h3-6,12-13,16,20H,7-11,19H2,1-2H3. The summed E-state index contributed by atoms with van der Waals surface area (Å²) in [7, 11) is 0. The summed E-state index contributed by atoms with van der Waals surface area (Å²) < 4.78 is 1.04. The van der Waals surface area contributed by atoms with Gasteiger partial charge in [-0.15, -0.1) is 0 Å². The minimum absolute atomic E-state index is 0.140. The number of halogens is 1. The summed E-state index contributed by atoms with van der Waals surface area (Å²) in [5.74, 6) is 1.52. The van der Waals surface area contributed by atoms with E-state index in [4.69, 9.17) is 5.73 Å². The van der Waals surface area contributed by atoms with Crippen LogP contribution in [0.1, 0.15) is 51.2 Å². The normalized spacial score (nSPS) is 28.6. The number of rotatable bonds is 4. The second-order valence-corrected chi connectivity index (χ2v) is 7.52. The monoisotopic (exact) mass is 339 g/mol. The van der Waals surface area contributed by atoms with Gasteiger partial charge >= 0.3 is 0 Å². The number of aliphatic hydroxyl groups excluding tert-OH is 1. The average Bonchev–Trinajstić information content (AvgIpc) is 2.47. The van der Waals surface area contributed by atoms with E-state index >= 15 is 0 Å². The van der Waals surface area contributed by atoms with Crippen molar-refractivity contribution in [1.29, 1.82) is 0 Å². The molecule has 112 valence electrons. The van der Waals surface area contributed by atoms with Gasteiger partial charge in [0.2, 0.25) is 0 Å². The maximum absolute atomic E-state index is 10.8. The van der Waals surface area contributed by atoms with Crippen molar-refractivity contribution in [3.63, 3.8) is 0 Å². The Kier molecular flexibility index (Phi) is 5.27. The molecule has 2 nitrogen and oxygen atoms in total. The average molecular weight is 340 g/mol. The molecule has 3 heteroatoms. The van der Waals surface area contributed by atoms with Crippen LogP contribution in [0, 0.1) is 17.3 Å². The molecule has 20 heavy (non-hydrogen) atoms. The molecule has 1 atom stereocenters. The predicted octanol–water partition coefficient (Wildman–Crippen LogP) is 4.27. The van der Waals surface area contributed by atoms with E-state index in [-0.39, 0.29) is 5.41 Å². The Morgan fingerprint density at radius 1 is 1.25 bits per heavy atom. The third-order valence-electron chi connectivity index (χ3n) is 5.14. The van der Waals surface area contributed by atoms with E-state index in [9.17, 15) is 5.11 Å². The Labute approximate surface area is 130 Å². The van der Waals surface area contributed by atoms with Crippen LogP contribution in [-0.2, 0) is 0 Å². The van der Waals surface area contributed by atoms with E-state index in [0.717, 1.165) is 34.7 Å². The summed E-state index contributed by atoms with van der Waals surface area (Å²) in [6, 6.07) is 7.98. The lowest BCUT2D eigenvalue weighted by Crippen LogP contribution is -2.40.